The molecule has 0 unspecified atom stereocenters. The van der Waals surface area contributed by atoms with E-state index in [9.17, 15) is 4.79 Å². The molecule has 0 saturated carbocycles. The molecule has 0 bridgehead atoms. The SMILES string of the molecule is CCOC(=O)c1cc2ccc(C=N)cc2n1Cc1cccc2ccccc12. The van der Waals surface area contributed by atoms with Gasteiger partial charge in [-0.25, -0.2) is 4.79 Å². The first-order chi connectivity index (χ1) is 13.2. The fraction of sp³-hybridized carbons (Fsp3) is 0.130. The second-order valence-electron chi connectivity index (χ2n) is 6.44. The van der Waals surface area contributed by atoms with E-state index in [4.69, 9.17) is 10.1 Å². The van der Waals surface area contributed by atoms with Gasteiger partial charge < -0.3 is 14.7 Å². The van der Waals surface area contributed by atoms with E-state index in [1.807, 2.05) is 54.0 Å². The summed E-state index contributed by atoms with van der Waals surface area (Å²) in [5.74, 6) is -0.328. The molecule has 3 aromatic carbocycles. The zero-order valence-corrected chi connectivity index (χ0v) is 15.1. The Morgan fingerprint density at radius 3 is 2.67 bits per heavy atom. The minimum Gasteiger partial charge on any atom is -0.461 e. The van der Waals surface area contributed by atoms with Crippen LogP contribution in [0.15, 0.2) is 66.7 Å². The summed E-state index contributed by atoms with van der Waals surface area (Å²) in [4.78, 5) is 12.6. The van der Waals surface area contributed by atoms with Crippen LogP contribution in [-0.4, -0.2) is 23.4 Å². The van der Waals surface area contributed by atoms with E-state index in [1.165, 1.54) is 17.0 Å². The van der Waals surface area contributed by atoms with Gasteiger partial charge in [-0.2, -0.15) is 0 Å². The predicted octanol–water partition coefficient (Wildman–Crippen LogP) is 5.02. The number of fused-ring (bicyclic) bond motifs is 2. The maximum atomic E-state index is 12.6. The Bertz CT molecular complexity index is 1150. The van der Waals surface area contributed by atoms with Gasteiger partial charge in [-0.05, 0) is 41.0 Å². The Morgan fingerprint density at radius 1 is 1.04 bits per heavy atom. The normalized spacial score (nSPS) is 11.0. The summed E-state index contributed by atoms with van der Waals surface area (Å²) < 4.78 is 7.26. The minimum absolute atomic E-state index is 0.328. The monoisotopic (exact) mass is 356 g/mol. The van der Waals surface area contributed by atoms with Crippen LogP contribution in [0.4, 0.5) is 0 Å². The Kier molecular flexibility index (Phi) is 4.47. The molecular weight excluding hydrogens is 336 g/mol. The zero-order valence-electron chi connectivity index (χ0n) is 15.1. The van der Waals surface area contributed by atoms with Crippen LogP contribution in [0.5, 0.6) is 0 Å². The van der Waals surface area contributed by atoms with Gasteiger partial charge in [0.25, 0.3) is 0 Å². The summed E-state index contributed by atoms with van der Waals surface area (Å²) in [6.45, 7) is 2.70. The van der Waals surface area contributed by atoms with Crippen molar-refractivity contribution in [2.75, 3.05) is 6.61 Å². The number of hydrogen-bond acceptors (Lipinski definition) is 3. The number of nitrogens with zero attached hydrogens (tertiary/aromatic N) is 1. The van der Waals surface area contributed by atoms with Gasteiger partial charge in [0.2, 0.25) is 0 Å². The highest BCUT2D eigenvalue weighted by molar-refractivity contribution is 5.97. The Labute approximate surface area is 157 Å². The van der Waals surface area contributed by atoms with Crippen LogP contribution in [-0.2, 0) is 11.3 Å². The molecule has 0 aliphatic heterocycles. The van der Waals surface area contributed by atoms with Crippen molar-refractivity contribution in [3.63, 3.8) is 0 Å². The third-order valence-electron chi connectivity index (χ3n) is 4.79. The number of esters is 1. The van der Waals surface area contributed by atoms with Gasteiger partial charge in [0.15, 0.2) is 0 Å². The maximum Gasteiger partial charge on any atom is 0.354 e. The van der Waals surface area contributed by atoms with Crippen LogP contribution in [0, 0.1) is 5.41 Å². The van der Waals surface area contributed by atoms with Gasteiger partial charge in [0.1, 0.15) is 5.69 Å². The topological polar surface area (TPSA) is 55.1 Å². The van der Waals surface area contributed by atoms with Crippen molar-refractivity contribution >= 4 is 33.9 Å². The molecular formula is C23H20N2O2. The number of hydrogen-bond donors (Lipinski definition) is 1. The van der Waals surface area contributed by atoms with Gasteiger partial charge in [-0.1, -0.05) is 54.6 Å². The average Bonchev–Trinajstić information content (AvgIpc) is 3.06. The fourth-order valence-electron chi connectivity index (χ4n) is 3.51. The summed E-state index contributed by atoms with van der Waals surface area (Å²) in [6, 6.07) is 22.1. The summed E-state index contributed by atoms with van der Waals surface area (Å²) in [6.07, 6.45) is 1.32. The van der Waals surface area contributed by atoms with Crippen molar-refractivity contribution in [1.29, 1.82) is 5.41 Å². The van der Waals surface area contributed by atoms with Crippen LogP contribution in [0.25, 0.3) is 21.7 Å². The third-order valence-corrected chi connectivity index (χ3v) is 4.79. The Balaban J connectivity index is 1.91. The van der Waals surface area contributed by atoms with Gasteiger partial charge in [-0.3, -0.25) is 0 Å². The van der Waals surface area contributed by atoms with E-state index in [2.05, 4.69) is 24.3 Å². The van der Waals surface area contributed by atoms with Crippen LogP contribution in [0.3, 0.4) is 0 Å². The van der Waals surface area contributed by atoms with Crippen LogP contribution < -0.4 is 0 Å². The number of carbonyl (C=O) groups is 1. The van der Waals surface area contributed by atoms with E-state index in [0.29, 0.717) is 18.8 Å². The molecule has 0 fully saturated rings. The Morgan fingerprint density at radius 2 is 1.85 bits per heavy atom. The lowest BCUT2D eigenvalue weighted by molar-refractivity contribution is 0.0515. The summed E-state index contributed by atoms with van der Waals surface area (Å²) in [7, 11) is 0. The number of aromatic nitrogens is 1. The number of ether oxygens (including phenoxy) is 1. The largest absolute Gasteiger partial charge is 0.461 e. The highest BCUT2D eigenvalue weighted by Gasteiger charge is 2.17. The van der Waals surface area contributed by atoms with Gasteiger partial charge in [-0.15, -0.1) is 0 Å². The quantitative estimate of drug-likeness (QED) is 0.403. The zero-order chi connectivity index (χ0) is 18.8. The van der Waals surface area contributed by atoms with Crippen LogP contribution in [0.2, 0.25) is 0 Å². The molecule has 0 atom stereocenters. The molecule has 0 amide bonds. The van der Waals surface area contributed by atoms with E-state index < -0.39 is 0 Å². The number of nitrogens with one attached hydrogen (secondary N) is 1. The number of carbonyl (C=O) groups excluding carboxylic acids is 1. The Hall–Kier alpha value is -3.40. The summed E-state index contributed by atoms with van der Waals surface area (Å²) in [5, 5.41) is 10.8. The van der Waals surface area contributed by atoms with Gasteiger partial charge in [0, 0.05) is 23.7 Å². The second kappa shape index (κ2) is 7.08. The summed E-state index contributed by atoms with van der Waals surface area (Å²) in [5.41, 5.74) is 3.39. The van der Waals surface area contributed by atoms with Crippen molar-refractivity contribution in [3.8, 4) is 0 Å². The minimum atomic E-state index is -0.328. The molecule has 0 saturated heterocycles. The molecule has 0 radical (unpaired) electrons. The van der Waals surface area contributed by atoms with Crippen LogP contribution >= 0.6 is 0 Å². The van der Waals surface area contributed by atoms with Crippen molar-refractivity contribution in [2.24, 2.45) is 0 Å². The van der Waals surface area contributed by atoms with Crippen molar-refractivity contribution < 1.29 is 9.53 Å². The molecule has 1 aromatic heterocycles. The molecule has 1 N–H and O–H groups in total. The van der Waals surface area contributed by atoms with Gasteiger partial charge in [0.05, 0.1) is 6.61 Å². The highest BCUT2D eigenvalue weighted by atomic mass is 16.5. The molecule has 0 aliphatic rings. The molecule has 4 rings (SSSR count). The fourth-order valence-corrected chi connectivity index (χ4v) is 3.51. The smallest absolute Gasteiger partial charge is 0.354 e. The maximum absolute atomic E-state index is 12.6. The van der Waals surface area contributed by atoms with E-state index in [0.717, 1.165) is 22.0 Å². The average molecular weight is 356 g/mol. The van der Waals surface area contributed by atoms with Crippen molar-refractivity contribution in [3.05, 3.63) is 83.6 Å². The molecule has 4 aromatic rings. The van der Waals surface area contributed by atoms with E-state index in [1.54, 1.807) is 0 Å². The molecule has 1 heterocycles. The lowest BCUT2D eigenvalue weighted by atomic mass is 10.0. The first-order valence-corrected chi connectivity index (χ1v) is 8.99. The lowest BCUT2D eigenvalue weighted by Gasteiger charge is -2.13. The molecule has 0 aliphatic carbocycles. The predicted molar refractivity (Wildman–Crippen MR) is 109 cm³/mol. The third kappa shape index (κ3) is 3.10. The number of rotatable bonds is 5. The second-order valence-corrected chi connectivity index (χ2v) is 6.44. The molecule has 0 spiro atoms. The highest BCUT2D eigenvalue weighted by Crippen LogP contribution is 2.26. The lowest BCUT2D eigenvalue weighted by Crippen LogP contribution is -2.13. The molecule has 27 heavy (non-hydrogen) atoms. The first kappa shape index (κ1) is 17.0. The number of benzene rings is 3. The van der Waals surface area contributed by atoms with E-state index >= 15 is 0 Å². The van der Waals surface area contributed by atoms with Crippen molar-refractivity contribution in [1.82, 2.24) is 4.57 Å². The first-order valence-electron chi connectivity index (χ1n) is 8.99. The van der Waals surface area contributed by atoms with Crippen LogP contribution in [0.1, 0.15) is 28.5 Å². The van der Waals surface area contributed by atoms with Gasteiger partial charge >= 0.3 is 5.97 Å². The van der Waals surface area contributed by atoms with E-state index in [-0.39, 0.29) is 5.97 Å². The molecule has 134 valence electrons. The molecule has 4 nitrogen and oxygen atoms in total. The summed E-state index contributed by atoms with van der Waals surface area (Å²) >= 11 is 0. The van der Waals surface area contributed by atoms with Crippen molar-refractivity contribution in [2.45, 2.75) is 13.5 Å². The standard InChI is InChI=1S/C23H20N2O2/c1-2-27-23(26)22-13-18-11-10-16(14-24)12-21(18)25(22)15-19-8-5-7-17-6-3-4-9-20(17)19/h3-14,24H,2,15H2,1H3. The molecule has 4 heteroatoms.